The molecule has 9 heteroatoms. The van der Waals surface area contributed by atoms with Crippen LogP contribution in [0.5, 0.6) is 0 Å². The number of piperazine rings is 1. The highest BCUT2D eigenvalue weighted by Gasteiger charge is 2.27. The van der Waals surface area contributed by atoms with Gasteiger partial charge >= 0.3 is 0 Å². The largest absolute Gasteiger partial charge is 0.383 e. The molecule has 2 rings (SSSR count). The van der Waals surface area contributed by atoms with Crippen LogP contribution in [0.25, 0.3) is 0 Å². The zero-order valence-electron chi connectivity index (χ0n) is 13.2. The van der Waals surface area contributed by atoms with Gasteiger partial charge in [0.25, 0.3) is 5.91 Å². The van der Waals surface area contributed by atoms with Crippen molar-refractivity contribution in [1.29, 1.82) is 0 Å². The van der Waals surface area contributed by atoms with Crippen molar-refractivity contribution in [2.24, 2.45) is 5.73 Å². The van der Waals surface area contributed by atoms with Crippen molar-refractivity contribution < 1.29 is 14.3 Å². The summed E-state index contributed by atoms with van der Waals surface area (Å²) in [5.41, 5.74) is 6.19. The first kappa shape index (κ1) is 21.0. The molecule has 1 atom stereocenters. The van der Waals surface area contributed by atoms with Crippen LogP contribution in [0.3, 0.4) is 0 Å². The molecule has 1 unspecified atom stereocenters. The van der Waals surface area contributed by atoms with E-state index in [1.807, 2.05) is 0 Å². The third kappa shape index (κ3) is 5.22. The molecule has 1 saturated heterocycles. The molecule has 0 saturated carbocycles. The van der Waals surface area contributed by atoms with Gasteiger partial charge in [0.05, 0.1) is 6.61 Å². The normalized spacial score (nSPS) is 15.7. The zero-order valence-corrected chi connectivity index (χ0v) is 15.5. The number of hydrogen-bond donors (Lipinski definition) is 1. The smallest absolute Gasteiger partial charge is 0.254 e. The van der Waals surface area contributed by atoms with Crippen LogP contribution in [-0.2, 0) is 9.53 Å². The predicted octanol–water partition coefficient (Wildman–Crippen LogP) is 1.67. The molecule has 1 aromatic rings. The molecule has 1 fully saturated rings. The maximum atomic E-state index is 12.5. The van der Waals surface area contributed by atoms with Gasteiger partial charge in [-0.3, -0.25) is 9.59 Å². The van der Waals surface area contributed by atoms with E-state index in [2.05, 4.69) is 0 Å². The molecule has 1 aliphatic rings. The Balaban J connectivity index is 0.00000288. The summed E-state index contributed by atoms with van der Waals surface area (Å²) >= 11 is 11.9. The number of nitrogens with two attached hydrogens (primary N) is 1. The van der Waals surface area contributed by atoms with Crippen molar-refractivity contribution in [3.63, 3.8) is 0 Å². The first-order valence-corrected chi connectivity index (χ1v) is 7.96. The average molecular weight is 397 g/mol. The molecule has 2 amide bonds. The number of carbonyl (C=O) groups is 2. The minimum Gasteiger partial charge on any atom is -0.383 e. The summed E-state index contributed by atoms with van der Waals surface area (Å²) in [5, 5.41) is 0.834. The minimum absolute atomic E-state index is 0. The van der Waals surface area contributed by atoms with Crippen molar-refractivity contribution in [2.75, 3.05) is 39.9 Å². The number of halogens is 3. The summed E-state index contributed by atoms with van der Waals surface area (Å²) in [6.07, 6.45) is 0. The van der Waals surface area contributed by atoms with Crippen molar-refractivity contribution >= 4 is 47.4 Å². The van der Waals surface area contributed by atoms with Crippen LogP contribution >= 0.6 is 35.6 Å². The number of benzene rings is 1. The second-order valence-electron chi connectivity index (χ2n) is 5.34. The highest BCUT2D eigenvalue weighted by molar-refractivity contribution is 6.35. The Morgan fingerprint density at radius 2 is 1.62 bits per heavy atom. The molecule has 0 spiro atoms. The molecule has 0 aliphatic carbocycles. The zero-order chi connectivity index (χ0) is 17.0. The van der Waals surface area contributed by atoms with E-state index in [0.29, 0.717) is 41.8 Å². The summed E-state index contributed by atoms with van der Waals surface area (Å²) in [6.45, 7) is 1.94. The van der Waals surface area contributed by atoms with E-state index in [1.54, 1.807) is 28.0 Å². The number of amides is 2. The summed E-state index contributed by atoms with van der Waals surface area (Å²) < 4.78 is 4.89. The predicted molar refractivity (Wildman–Crippen MR) is 96.0 cm³/mol. The molecule has 134 valence electrons. The Bertz CT molecular complexity index is 572. The molecule has 6 nitrogen and oxygen atoms in total. The van der Waals surface area contributed by atoms with Gasteiger partial charge in [0, 0.05) is 48.9 Å². The first-order valence-electron chi connectivity index (χ1n) is 7.21. The van der Waals surface area contributed by atoms with Gasteiger partial charge in [-0.2, -0.15) is 0 Å². The second-order valence-corrected chi connectivity index (χ2v) is 6.21. The first-order chi connectivity index (χ1) is 10.9. The summed E-state index contributed by atoms with van der Waals surface area (Å²) in [6, 6.07) is 4.08. The van der Waals surface area contributed by atoms with Gasteiger partial charge in [0.2, 0.25) is 5.91 Å². The maximum Gasteiger partial charge on any atom is 0.254 e. The molecule has 1 heterocycles. The monoisotopic (exact) mass is 395 g/mol. The number of rotatable bonds is 4. The summed E-state index contributed by atoms with van der Waals surface area (Å²) in [5.74, 6) is -0.313. The molecule has 2 N–H and O–H groups in total. The molecule has 0 radical (unpaired) electrons. The van der Waals surface area contributed by atoms with E-state index < -0.39 is 6.04 Å². The Labute approximate surface area is 157 Å². The topological polar surface area (TPSA) is 75.9 Å². The van der Waals surface area contributed by atoms with E-state index in [9.17, 15) is 9.59 Å². The van der Waals surface area contributed by atoms with Gasteiger partial charge in [-0.05, 0) is 18.2 Å². The van der Waals surface area contributed by atoms with Crippen LogP contribution < -0.4 is 5.73 Å². The van der Waals surface area contributed by atoms with Crippen molar-refractivity contribution in [3.8, 4) is 0 Å². The third-order valence-electron chi connectivity index (χ3n) is 3.65. The summed E-state index contributed by atoms with van der Waals surface area (Å²) in [4.78, 5) is 27.9. The van der Waals surface area contributed by atoms with E-state index in [4.69, 9.17) is 33.7 Å². The second kappa shape index (κ2) is 9.44. The van der Waals surface area contributed by atoms with E-state index in [1.165, 1.54) is 7.11 Å². The Hall–Kier alpha value is -1.05. The molecule has 24 heavy (non-hydrogen) atoms. The van der Waals surface area contributed by atoms with Gasteiger partial charge in [-0.15, -0.1) is 12.4 Å². The Morgan fingerprint density at radius 1 is 1.12 bits per heavy atom. The van der Waals surface area contributed by atoms with Crippen molar-refractivity contribution in [1.82, 2.24) is 9.80 Å². The highest BCUT2D eigenvalue weighted by Crippen LogP contribution is 2.20. The lowest BCUT2D eigenvalue weighted by atomic mass is 10.1. The van der Waals surface area contributed by atoms with Gasteiger partial charge in [0.15, 0.2) is 0 Å². The third-order valence-corrected chi connectivity index (χ3v) is 4.09. The van der Waals surface area contributed by atoms with Crippen LogP contribution in [0.15, 0.2) is 18.2 Å². The maximum absolute atomic E-state index is 12.5. The number of hydrogen-bond acceptors (Lipinski definition) is 4. The lowest BCUT2D eigenvalue weighted by molar-refractivity contribution is -0.135. The fourth-order valence-electron chi connectivity index (χ4n) is 2.48. The van der Waals surface area contributed by atoms with Gasteiger partial charge in [-0.1, -0.05) is 23.2 Å². The van der Waals surface area contributed by atoms with Gasteiger partial charge in [0.1, 0.15) is 6.04 Å². The molecule has 1 aromatic carbocycles. The number of methoxy groups -OCH3 is 1. The molecule has 1 aliphatic heterocycles. The van der Waals surface area contributed by atoms with Crippen molar-refractivity contribution in [3.05, 3.63) is 33.8 Å². The van der Waals surface area contributed by atoms with Gasteiger partial charge in [-0.25, -0.2) is 0 Å². The van der Waals surface area contributed by atoms with Crippen LogP contribution in [0, 0.1) is 0 Å². The van der Waals surface area contributed by atoms with Crippen molar-refractivity contribution in [2.45, 2.75) is 6.04 Å². The van der Waals surface area contributed by atoms with Crippen LogP contribution in [0.1, 0.15) is 10.4 Å². The molecular formula is C15H20Cl3N3O3. The van der Waals surface area contributed by atoms with E-state index >= 15 is 0 Å². The van der Waals surface area contributed by atoms with Crippen LogP contribution in [0.2, 0.25) is 10.0 Å². The SMILES string of the molecule is COCC(N)C(=O)N1CCN(C(=O)c2cc(Cl)cc(Cl)c2)CC1.Cl. The van der Waals surface area contributed by atoms with Crippen LogP contribution in [0.4, 0.5) is 0 Å². The van der Waals surface area contributed by atoms with E-state index in [-0.39, 0.29) is 30.8 Å². The minimum atomic E-state index is -0.672. The lowest BCUT2D eigenvalue weighted by Crippen LogP contribution is -2.55. The lowest BCUT2D eigenvalue weighted by Gasteiger charge is -2.35. The average Bonchev–Trinajstić information content (AvgIpc) is 2.53. The fraction of sp³-hybridized carbons (Fsp3) is 0.467. The van der Waals surface area contributed by atoms with Crippen LogP contribution in [-0.4, -0.2) is 67.6 Å². The van der Waals surface area contributed by atoms with E-state index in [0.717, 1.165) is 0 Å². The molecular weight excluding hydrogens is 377 g/mol. The number of nitrogens with zero attached hydrogens (tertiary/aromatic N) is 2. The fourth-order valence-corrected chi connectivity index (χ4v) is 3.00. The summed E-state index contributed by atoms with van der Waals surface area (Å²) in [7, 11) is 1.50. The Morgan fingerprint density at radius 3 is 2.12 bits per heavy atom. The Kier molecular flexibility index (Phi) is 8.26. The van der Waals surface area contributed by atoms with Gasteiger partial charge < -0.3 is 20.3 Å². The quantitative estimate of drug-likeness (QED) is 0.840. The highest BCUT2D eigenvalue weighted by atomic mass is 35.5. The molecule has 0 aromatic heterocycles. The number of ether oxygens (including phenoxy) is 1. The number of carbonyl (C=O) groups excluding carboxylic acids is 2. The standard InChI is InChI=1S/C15H19Cl2N3O3.ClH/c1-23-9-13(18)15(22)20-4-2-19(3-5-20)14(21)10-6-11(16)8-12(17)7-10;/h6-8,13H,2-5,9,18H2,1H3;1H. The molecule has 0 bridgehead atoms.